The van der Waals surface area contributed by atoms with Crippen molar-refractivity contribution in [2.24, 2.45) is 0 Å². The van der Waals surface area contributed by atoms with Crippen LogP contribution < -0.4 is 4.74 Å². The molecule has 1 heterocycles. The van der Waals surface area contributed by atoms with Crippen molar-refractivity contribution in [3.63, 3.8) is 0 Å². The topological polar surface area (TPSA) is 35.0 Å². The van der Waals surface area contributed by atoms with Gasteiger partial charge in [-0.1, -0.05) is 41.9 Å². The fourth-order valence-electron chi connectivity index (χ4n) is 1.79. The molecule has 5 heteroatoms. The Kier molecular flexibility index (Phi) is 3.79. The van der Waals surface area contributed by atoms with Gasteiger partial charge in [0.2, 0.25) is 5.88 Å². The average Bonchev–Trinajstić information content (AvgIpc) is 2.50. The van der Waals surface area contributed by atoms with Gasteiger partial charge in [0.1, 0.15) is 16.7 Å². The SMILES string of the molecule is Fc1ccc(Oc2cc(Cl)nc(-c3ccccc3)n2)cc1. The van der Waals surface area contributed by atoms with Gasteiger partial charge in [-0.3, -0.25) is 0 Å². The van der Waals surface area contributed by atoms with Gasteiger partial charge in [0.05, 0.1) is 0 Å². The number of halogens is 2. The van der Waals surface area contributed by atoms with E-state index in [1.165, 1.54) is 30.3 Å². The molecule has 0 aliphatic heterocycles. The number of hydrogen-bond donors (Lipinski definition) is 0. The van der Waals surface area contributed by atoms with Crippen molar-refractivity contribution in [1.29, 1.82) is 0 Å². The van der Waals surface area contributed by atoms with Crippen molar-refractivity contribution in [2.45, 2.75) is 0 Å². The standard InChI is InChI=1S/C16H10ClFN2O/c17-14-10-15(21-13-8-6-12(18)7-9-13)20-16(19-14)11-4-2-1-3-5-11/h1-10H. The number of hydrogen-bond acceptors (Lipinski definition) is 3. The van der Waals surface area contributed by atoms with Crippen LogP contribution in [0.4, 0.5) is 4.39 Å². The number of rotatable bonds is 3. The second-order valence-electron chi connectivity index (χ2n) is 4.27. The molecule has 0 aliphatic rings. The zero-order valence-corrected chi connectivity index (χ0v) is 11.6. The molecule has 21 heavy (non-hydrogen) atoms. The lowest BCUT2D eigenvalue weighted by molar-refractivity contribution is 0.460. The van der Waals surface area contributed by atoms with Crippen molar-refractivity contribution < 1.29 is 9.13 Å². The lowest BCUT2D eigenvalue weighted by Gasteiger charge is -2.07. The van der Waals surface area contributed by atoms with Crippen LogP contribution in [0.15, 0.2) is 60.7 Å². The summed E-state index contributed by atoms with van der Waals surface area (Å²) in [4.78, 5) is 8.48. The minimum Gasteiger partial charge on any atom is -0.439 e. The Morgan fingerprint density at radius 3 is 2.33 bits per heavy atom. The van der Waals surface area contributed by atoms with Crippen LogP contribution in [-0.2, 0) is 0 Å². The quantitative estimate of drug-likeness (QED) is 0.656. The van der Waals surface area contributed by atoms with E-state index in [0.29, 0.717) is 17.5 Å². The molecule has 1 aromatic heterocycles. The van der Waals surface area contributed by atoms with Gasteiger partial charge in [-0.05, 0) is 24.3 Å². The summed E-state index contributed by atoms with van der Waals surface area (Å²) in [6.45, 7) is 0. The van der Waals surface area contributed by atoms with Crippen LogP contribution >= 0.6 is 11.6 Å². The highest BCUT2D eigenvalue weighted by Gasteiger charge is 2.07. The molecule has 3 rings (SSSR count). The molecule has 0 saturated heterocycles. The molecule has 0 spiro atoms. The Hall–Kier alpha value is -2.46. The normalized spacial score (nSPS) is 10.4. The molecule has 0 fully saturated rings. The highest BCUT2D eigenvalue weighted by molar-refractivity contribution is 6.29. The third-order valence-corrected chi connectivity index (χ3v) is 2.93. The Labute approximate surface area is 126 Å². The maximum atomic E-state index is 12.9. The maximum absolute atomic E-state index is 12.9. The maximum Gasteiger partial charge on any atom is 0.224 e. The predicted molar refractivity (Wildman–Crippen MR) is 79.0 cm³/mol. The highest BCUT2D eigenvalue weighted by Crippen LogP contribution is 2.25. The van der Waals surface area contributed by atoms with Crippen molar-refractivity contribution >= 4 is 11.6 Å². The van der Waals surface area contributed by atoms with Crippen molar-refractivity contribution in [1.82, 2.24) is 9.97 Å². The molecular formula is C16H10ClFN2O. The molecule has 0 bridgehead atoms. The summed E-state index contributed by atoms with van der Waals surface area (Å²) in [5, 5.41) is 0.279. The fourth-order valence-corrected chi connectivity index (χ4v) is 1.96. The van der Waals surface area contributed by atoms with Crippen LogP contribution in [0.5, 0.6) is 11.6 Å². The zero-order chi connectivity index (χ0) is 14.7. The van der Waals surface area contributed by atoms with Gasteiger partial charge < -0.3 is 4.74 Å². The van der Waals surface area contributed by atoms with Gasteiger partial charge >= 0.3 is 0 Å². The van der Waals surface area contributed by atoms with E-state index in [1.807, 2.05) is 30.3 Å². The van der Waals surface area contributed by atoms with Crippen LogP contribution in [0.2, 0.25) is 5.15 Å². The molecule has 0 N–H and O–H groups in total. The van der Waals surface area contributed by atoms with E-state index in [0.717, 1.165) is 5.56 Å². The van der Waals surface area contributed by atoms with Gasteiger partial charge in [-0.15, -0.1) is 0 Å². The van der Waals surface area contributed by atoms with Crippen molar-refractivity contribution in [3.05, 3.63) is 71.6 Å². The molecule has 0 amide bonds. The molecule has 0 saturated carbocycles. The Morgan fingerprint density at radius 1 is 0.905 bits per heavy atom. The zero-order valence-electron chi connectivity index (χ0n) is 10.8. The first-order chi connectivity index (χ1) is 10.2. The third kappa shape index (κ3) is 3.35. The summed E-state index contributed by atoms with van der Waals surface area (Å²) in [6, 6.07) is 16.6. The predicted octanol–water partition coefficient (Wildman–Crippen LogP) is 4.73. The van der Waals surface area contributed by atoms with Gasteiger partial charge in [0.25, 0.3) is 0 Å². The van der Waals surface area contributed by atoms with E-state index in [1.54, 1.807) is 0 Å². The summed E-state index contributed by atoms with van der Waals surface area (Å²) in [5.41, 5.74) is 0.837. The molecule has 104 valence electrons. The van der Waals surface area contributed by atoms with E-state index >= 15 is 0 Å². The van der Waals surface area contributed by atoms with E-state index in [4.69, 9.17) is 16.3 Å². The first-order valence-electron chi connectivity index (χ1n) is 6.24. The molecule has 3 nitrogen and oxygen atoms in total. The van der Waals surface area contributed by atoms with E-state index in [2.05, 4.69) is 9.97 Å². The van der Waals surface area contributed by atoms with Crippen LogP contribution in [0.1, 0.15) is 0 Å². The molecule has 0 aliphatic carbocycles. The van der Waals surface area contributed by atoms with Crippen LogP contribution in [0.3, 0.4) is 0 Å². The fraction of sp³-hybridized carbons (Fsp3) is 0. The second kappa shape index (κ2) is 5.89. The molecule has 0 unspecified atom stereocenters. The molecule has 3 aromatic rings. The minimum absolute atomic E-state index is 0.279. The summed E-state index contributed by atoms with van der Waals surface area (Å²) >= 11 is 6.00. The van der Waals surface area contributed by atoms with Gasteiger partial charge in [0, 0.05) is 11.6 Å². The molecule has 0 radical (unpaired) electrons. The average molecular weight is 301 g/mol. The van der Waals surface area contributed by atoms with Gasteiger partial charge in [-0.25, -0.2) is 9.37 Å². The lowest BCUT2D eigenvalue weighted by Crippen LogP contribution is -1.94. The minimum atomic E-state index is -0.326. The molecule has 2 aromatic carbocycles. The summed E-state index contributed by atoms with van der Waals surface area (Å²) in [7, 11) is 0. The summed E-state index contributed by atoms with van der Waals surface area (Å²) in [5.74, 6) is 0.930. The van der Waals surface area contributed by atoms with E-state index in [-0.39, 0.29) is 11.0 Å². The van der Waals surface area contributed by atoms with Gasteiger partial charge in [0.15, 0.2) is 5.82 Å². The van der Waals surface area contributed by atoms with Crippen molar-refractivity contribution in [2.75, 3.05) is 0 Å². The first-order valence-corrected chi connectivity index (χ1v) is 6.62. The third-order valence-electron chi connectivity index (χ3n) is 2.74. The van der Waals surface area contributed by atoms with E-state index in [9.17, 15) is 4.39 Å². The largest absolute Gasteiger partial charge is 0.439 e. The Morgan fingerprint density at radius 2 is 1.62 bits per heavy atom. The number of benzene rings is 2. The number of aromatic nitrogens is 2. The Bertz CT molecular complexity index is 748. The summed E-state index contributed by atoms with van der Waals surface area (Å²) in [6.07, 6.45) is 0. The molecule has 0 atom stereocenters. The smallest absolute Gasteiger partial charge is 0.224 e. The van der Waals surface area contributed by atoms with Crippen molar-refractivity contribution in [3.8, 4) is 23.0 Å². The number of ether oxygens (including phenoxy) is 1. The first kappa shape index (κ1) is 13.5. The summed E-state index contributed by atoms with van der Waals surface area (Å²) < 4.78 is 18.4. The van der Waals surface area contributed by atoms with Crippen LogP contribution in [-0.4, -0.2) is 9.97 Å². The highest BCUT2D eigenvalue weighted by atomic mass is 35.5. The lowest BCUT2D eigenvalue weighted by atomic mass is 10.2. The molecular weight excluding hydrogens is 291 g/mol. The van der Waals surface area contributed by atoms with Gasteiger partial charge in [-0.2, -0.15) is 4.98 Å². The van der Waals surface area contributed by atoms with Crippen LogP contribution in [0.25, 0.3) is 11.4 Å². The van der Waals surface area contributed by atoms with E-state index < -0.39 is 0 Å². The number of nitrogens with zero attached hydrogens (tertiary/aromatic N) is 2. The second-order valence-corrected chi connectivity index (χ2v) is 4.66. The Balaban J connectivity index is 1.93. The van der Waals surface area contributed by atoms with Crippen LogP contribution in [0, 0.1) is 5.82 Å². The monoisotopic (exact) mass is 300 g/mol.